The van der Waals surface area contributed by atoms with Crippen molar-refractivity contribution < 1.29 is 9.32 Å². The minimum atomic E-state index is 0.0679. The summed E-state index contributed by atoms with van der Waals surface area (Å²) >= 11 is 0. The normalized spacial score (nSPS) is 16.6. The third-order valence-corrected chi connectivity index (χ3v) is 5.92. The first-order valence-electron chi connectivity index (χ1n) is 10.6. The van der Waals surface area contributed by atoms with Crippen LogP contribution < -0.4 is 0 Å². The molecule has 156 valence electrons. The molecule has 1 unspecified atom stereocenters. The molecule has 2 aromatic carbocycles. The fourth-order valence-corrected chi connectivity index (χ4v) is 4.37. The molecule has 4 aromatic rings. The van der Waals surface area contributed by atoms with Gasteiger partial charge in [0.15, 0.2) is 5.76 Å². The number of hydrogen-bond donors (Lipinski definition) is 0. The van der Waals surface area contributed by atoms with E-state index >= 15 is 0 Å². The van der Waals surface area contributed by atoms with Gasteiger partial charge < -0.3 is 9.42 Å². The Labute approximate surface area is 180 Å². The molecular formula is C25H24N4O2. The van der Waals surface area contributed by atoms with Crippen molar-refractivity contribution in [3.8, 4) is 11.3 Å². The molecular weight excluding hydrogens is 388 g/mol. The second kappa shape index (κ2) is 7.95. The van der Waals surface area contributed by atoms with E-state index in [4.69, 9.17) is 9.51 Å². The number of aryl methyl sites for hydroxylation is 2. The number of nitrogens with zero attached hydrogens (tertiary/aromatic N) is 4. The summed E-state index contributed by atoms with van der Waals surface area (Å²) in [6, 6.07) is 15.9. The van der Waals surface area contributed by atoms with Crippen LogP contribution in [-0.4, -0.2) is 39.0 Å². The van der Waals surface area contributed by atoms with Crippen LogP contribution in [-0.2, 0) is 0 Å². The maximum atomic E-state index is 13.3. The van der Waals surface area contributed by atoms with E-state index in [-0.39, 0.29) is 11.8 Å². The lowest BCUT2D eigenvalue weighted by atomic mass is 9.90. The number of benzene rings is 2. The predicted octanol–water partition coefficient (Wildman–Crippen LogP) is 4.92. The number of aromatic nitrogens is 3. The first-order chi connectivity index (χ1) is 15.1. The topological polar surface area (TPSA) is 72.1 Å². The first-order valence-corrected chi connectivity index (χ1v) is 10.6. The van der Waals surface area contributed by atoms with Crippen LogP contribution in [0.4, 0.5) is 0 Å². The minimum absolute atomic E-state index is 0.0679. The van der Waals surface area contributed by atoms with Crippen LogP contribution in [0, 0.1) is 13.8 Å². The van der Waals surface area contributed by atoms with Gasteiger partial charge in [-0.05, 0) is 49.6 Å². The number of rotatable bonds is 3. The Morgan fingerprint density at radius 3 is 2.74 bits per heavy atom. The number of amides is 1. The van der Waals surface area contributed by atoms with Gasteiger partial charge in [-0.15, -0.1) is 0 Å². The highest BCUT2D eigenvalue weighted by Gasteiger charge is 2.29. The Bertz CT molecular complexity index is 1260. The summed E-state index contributed by atoms with van der Waals surface area (Å²) in [7, 11) is 0. The van der Waals surface area contributed by atoms with E-state index < -0.39 is 0 Å². The number of likely N-dealkylation sites (tertiary alicyclic amines) is 1. The van der Waals surface area contributed by atoms with E-state index in [1.807, 2.05) is 67.4 Å². The zero-order chi connectivity index (χ0) is 21.4. The Balaban J connectivity index is 1.44. The van der Waals surface area contributed by atoms with Crippen LogP contribution in [0.25, 0.3) is 22.1 Å². The highest BCUT2D eigenvalue weighted by molar-refractivity contribution is 5.98. The summed E-state index contributed by atoms with van der Waals surface area (Å²) < 4.78 is 5.50. The summed E-state index contributed by atoms with van der Waals surface area (Å²) in [6.45, 7) is 5.16. The maximum absolute atomic E-state index is 13.3. The second-order valence-electron chi connectivity index (χ2n) is 8.20. The number of carbonyl (C=O) groups is 1. The van der Waals surface area contributed by atoms with E-state index in [1.165, 1.54) is 0 Å². The quantitative estimate of drug-likeness (QED) is 0.477. The summed E-state index contributed by atoms with van der Waals surface area (Å²) in [4.78, 5) is 24.4. The second-order valence-corrected chi connectivity index (χ2v) is 8.20. The smallest absolute Gasteiger partial charge is 0.253 e. The summed E-state index contributed by atoms with van der Waals surface area (Å²) in [5.41, 5.74) is 3.33. The van der Waals surface area contributed by atoms with Gasteiger partial charge in [0, 0.05) is 36.8 Å². The van der Waals surface area contributed by atoms with Crippen LogP contribution in [0.5, 0.6) is 0 Å². The van der Waals surface area contributed by atoms with Crippen LogP contribution >= 0.6 is 0 Å². The molecule has 1 atom stereocenters. The van der Waals surface area contributed by atoms with Crippen molar-refractivity contribution in [3.63, 3.8) is 0 Å². The standard InChI is InChI=1S/C25H24N4O2/c1-16-12-23(31-28-16)22-14-26-17(2)27-24(22)21-8-5-11-29(15-21)25(30)20-10-9-18-6-3-4-7-19(18)13-20/h3-4,6-7,9-10,12-14,21H,5,8,11,15H2,1-2H3. The molecule has 1 aliphatic heterocycles. The first kappa shape index (κ1) is 19.4. The average molecular weight is 412 g/mol. The van der Waals surface area contributed by atoms with Gasteiger partial charge in [-0.3, -0.25) is 4.79 Å². The molecule has 0 bridgehead atoms. The van der Waals surface area contributed by atoms with E-state index in [9.17, 15) is 4.79 Å². The molecule has 0 saturated carbocycles. The molecule has 5 rings (SSSR count). The number of fused-ring (bicyclic) bond motifs is 1. The van der Waals surface area contributed by atoms with Gasteiger partial charge >= 0.3 is 0 Å². The number of hydrogen-bond acceptors (Lipinski definition) is 5. The molecule has 6 heteroatoms. The van der Waals surface area contributed by atoms with Crippen molar-refractivity contribution in [3.05, 3.63) is 77.5 Å². The van der Waals surface area contributed by atoms with Gasteiger partial charge in [0.25, 0.3) is 5.91 Å². The van der Waals surface area contributed by atoms with Crippen LogP contribution in [0.1, 0.15) is 46.3 Å². The van der Waals surface area contributed by atoms with Gasteiger partial charge in [-0.2, -0.15) is 0 Å². The monoisotopic (exact) mass is 412 g/mol. The summed E-state index contributed by atoms with van der Waals surface area (Å²) in [5.74, 6) is 1.58. The molecule has 2 aromatic heterocycles. The third kappa shape index (κ3) is 3.81. The molecule has 1 fully saturated rings. The number of piperidine rings is 1. The molecule has 1 saturated heterocycles. The van der Waals surface area contributed by atoms with Crippen LogP contribution in [0.3, 0.4) is 0 Å². The van der Waals surface area contributed by atoms with Gasteiger partial charge in [-0.1, -0.05) is 35.5 Å². The van der Waals surface area contributed by atoms with Crippen molar-refractivity contribution in [2.45, 2.75) is 32.6 Å². The molecule has 0 N–H and O–H groups in total. The third-order valence-electron chi connectivity index (χ3n) is 5.92. The maximum Gasteiger partial charge on any atom is 0.253 e. The lowest BCUT2D eigenvalue weighted by Crippen LogP contribution is -2.39. The molecule has 1 aliphatic rings. The van der Waals surface area contributed by atoms with Gasteiger partial charge in [0.2, 0.25) is 0 Å². The predicted molar refractivity (Wildman–Crippen MR) is 119 cm³/mol. The molecule has 0 radical (unpaired) electrons. The highest BCUT2D eigenvalue weighted by Crippen LogP contribution is 2.34. The lowest BCUT2D eigenvalue weighted by Gasteiger charge is -2.33. The average Bonchev–Trinajstić information content (AvgIpc) is 3.24. The van der Waals surface area contributed by atoms with Gasteiger partial charge in [-0.25, -0.2) is 9.97 Å². The Kier molecular flexibility index (Phi) is 4.98. The van der Waals surface area contributed by atoms with E-state index in [0.717, 1.165) is 52.7 Å². The van der Waals surface area contributed by atoms with E-state index in [1.54, 1.807) is 0 Å². The highest BCUT2D eigenvalue weighted by atomic mass is 16.5. The summed E-state index contributed by atoms with van der Waals surface area (Å²) in [5, 5.41) is 6.23. The van der Waals surface area contributed by atoms with Crippen molar-refractivity contribution in [1.82, 2.24) is 20.0 Å². The molecule has 0 aliphatic carbocycles. The Morgan fingerprint density at radius 2 is 1.94 bits per heavy atom. The molecule has 6 nitrogen and oxygen atoms in total. The van der Waals surface area contributed by atoms with Crippen molar-refractivity contribution in [1.29, 1.82) is 0 Å². The van der Waals surface area contributed by atoms with Crippen molar-refractivity contribution >= 4 is 16.7 Å². The van der Waals surface area contributed by atoms with E-state index in [0.29, 0.717) is 18.1 Å². The van der Waals surface area contributed by atoms with Gasteiger partial charge in [0.1, 0.15) is 5.82 Å². The zero-order valence-electron chi connectivity index (χ0n) is 17.7. The van der Waals surface area contributed by atoms with E-state index in [2.05, 4.69) is 16.2 Å². The minimum Gasteiger partial charge on any atom is -0.356 e. The molecule has 3 heterocycles. The molecule has 1 amide bonds. The molecule has 0 spiro atoms. The van der Waals surface area contributed by atoms with Crippen molar-refractivity contribution in [2.75, 3.05) is 13.1 Å². The van der Waals surface area contributed by atoms with Gasteiger partial charge in [0.05, 0.1) is 17.0 Å². The fraction of sp³-hybridized carbons (Fsp3) is 0.280. The molecule has 31 heavy (non-hydrogen) atoms. The Hall–Kier alpha value is -3.54. The fourth-order valence-electron chi connectivity index (χ4n) is 4.37. The zero-order valence-corrected chi connectivity index (χ0v) is 17.7. The SMILES string of the molecule is Cc1cc(-c2cnc(C)nc2C2CCCN(C(=O)c3ccc4ccccc4c3)C2)on1. The number of carbonyl (C=O) groups excluding carboxylic acids is 1. The van der Waals surface area contributed by atoms with Crippen LogP contribution in [0.2, 0.25) is 0 Å². The van der Waals surface area contributed by atoms with Crippen molar-refractivity contribution in [2.24, 2.45) is 0 Å². The Morgan fingerprint density at radius 1 is 1.10 bits per heavy atom. The largest absolute Gasteiger partial charge is 0.356 e. The van der Waals surface area contributed by atoms with Crippen LogP contribution in [0.15, 0.2) is 59.3 Å². The summed E-state index contributed by atoms with van der Waals surface area (Å²) in [6.07, 6.45) is 3.71. The lowest BCUT2D eigenvalue weighted by molar-refractivity contribution is 0.0706.